The molecule has 0 radical (unpaired) electrons. The van der Waals surface area contributed by atoms with Crippen molar-refractivity contribution in [1.82, 2.24) is 15.2 Å². The standard InChI is InChI=1S/C25H29ClF3N3O3S/c1-32(2)10-4-3-9-30-13-17(33)14-36-23-22(19-12-16(26)6-8-21(19)34)18-11-15(25(27,28)29)5-7-20(18)31-24(23)35/h5-8,11-12,17,30,33-34H,3-4,9-10,13-14H2,1-2H3,(H,31,35). The van der Waals surface area contributed by atoms with Crippen LogP contribution in [-0.2, 0) is 6.18 Å². The maximum absolute atomic E-state index is 13.5. The van der Waals surface area contributed by atoms with Crippen LogP contribution in [0.15, 0.2) is 46.1 Å². The number of hydrogen-bond acceptors (Lipinski definition) is 6. The van der Waals surface area contributed by atoms with Gasteiger partial charge in [-0.15, -0.1) is 11.8 Å². The number of phenolic OH excluding ortho intramolecular Hbond substituents is 1. The first-order chi connectivity index (χ1) is 17.0. The van der Waals surface area contributed by atoms with Crippen LogP contribution in [0.5, 0.6) is 5.75 Å². The molecule has 0 spiro atoms. The number of nitrogens with one attached hydrogen (secondary N) is 2. The topological polar surface area (TPSA) is 88.6 Å². The van der Waals surface area contributed by atoms with E-state index in [-0.39, 0.29) is 43.5 Å². The van der Waals surface area contributed by atoms with Crippen LogP contribution in [0.1, 0.15) is 18.4 Å². The first-order valence-corrected chi connectivity index (χ1v) is 12.8. The van der Waals surface area contributed by atoms with Gasteiger partial charge in [0.25, 0.3) is 5.56 Å². The number of aromatic hydroxyl groups is 1. The number of aromatic nitrogens is 1. The minimum Gasteiger partial charge on any atom is -0.507 e. The molecule has 3 aromatic rings. The van der Waals surface area contributed by atoms with E-state index in [0.717, 1.165) is 49.8 Å². The number of phenols is 1. The largest absolute Gasteiger partial charge is 0.507 e. The van der Waals surface area contributed by atoms with Crippen LogP contribution in [0.4, 0.5) is 13.2 Å². The minimum atomic E-state index is -4.60. The predicted molar refractivity (Wildman–Crippen MR) is 139 cm³/mol. The van der Waals surface area contributed by atoms with Crippen molar-refractivity contribution in [1.29, 1.82) is 0 Å². The number of aliphatic hydroxyl groups is 1. The SMILES string of the molecule is CN(C)CCCCNCC(O)CSc1c(-c2cc(Cl)ccc2O)c2cc(C(F)(F)F)ccc2[nH]c1=O. The lowest BCUT2D eigenvalue weighted by molar-refractivity contribution is -0.137. The van der Waals surface area contributed by atoms with E-state index < -0.39 is 23.4 Å². The van der Waals surface area contributed by atoms with Crippen molar-refractivity contribution in [3.63, 3.8) is 0 Å². The molecule has 1 heterocycles. The Hall–Kier alpha value is -2.24. The van der Waals surface area contributed by atoms with Gasteiger partial charge in [-0.25, -0.2) is 0 Å². The fraction of sp³-hybridized carbons (Fsp3) is 0.400. The molecule has 196 valence electrons. The highest BCUT2D eigenvalue weighted by atomic mass is 35.5. The van der Waals surface area contributed by atoms with Gasteiger partial charge in [-0.05, 0) is 76.4 Å². The van der Waals surface area contributed by atoms with Crippen molar-refractivity contribution in [2.45, 2.75) is 30.0 Å². The molecule has 0 aliphatic carbocycles. The monoisotopic (exact) mass is 543 g/mol. The summed E-state index contributed by atoms with van der Waals surface area (Å²) < 4.78 is 40.4. The van der Waals surface area contributed by atoms with E-state index in [2.05, 4.69) is 15.2 Å². The third-order valence-electron chi connectivity index (χ3n) is 5.53. The van der Waals surface area contributed by atoms with Gasteiger partial charge in [0.05, 0.1) is 16.6 Å². The Morgan fingerprint density at radius 3 is 2.61 bits per heavy atom. The second-order valence-corrected chi connectivity index (χ2v) is 10.2. The van der Waals surface area contributed by atoms with E-state index in [4.69, 9.17) is 11.6 Å². The zero-order chi connectivity index (χ0) is 26.5. The lowest BCUT2D eigenvalue weighted by Gasteiger charge is -2.17. The number of fused-ring (bicyclic) bond motifs is 1. The maximum Gasteiger partial charge on any atom is 0.416 e. The van der Waals surface area contributed by atoms with Gasteiger partial charge in [-0.3, -0.25) is 4.79 Å². The average Bonchev–Trinajstić information content (AvgIpc) is 2.80. The Balaban J connectivity index is 1.91. The van der Waals surface area contributed by atoms with E-state index in [1.54, 1.807) is 0 Å². The van der Waals surface area contributed by atoms with Gasteiger partial charge in [-0.2, -0.15) is 13.2 Å². The number of H-pyrrole nitrogens is 1. The van der Waals surface area contributed by atoms with Gasteiger partial charge in [0.2, 0.25) is 0 Å². The lowest BCUT2D eigenvalue weighted by Crippen LogP contribution is -2.29. The zero-order valence-corrected chi connectivity index (χ0v) is 21.5. The van der Waals surface area contributed by atoms with E-state index in [9.17, 15) is 28.2 Å². The summed E-state index contributed by atoms with van der Waals surface area (Å²) >= 11 is 7.13. The third kappa shape index (κ3) is 7.39. The molecule has 1 aromatic heterocycles. The Kier molecular flexibility index (Phi) is 9.71. The molecule has 0 bridgehead atoms. The molecule has 0 saturated heterocycles. The van der Waals surface area contributed by atoms with Crippen molar-refractivity contribution >= 4 is 34.3 Å². The van der Waals surface area contributed by atoms with Crippen molar-refractivity contribution in [2.75, 3.05) is 39.5 Å². The molecule has 36 heavy (non-hydrogen) atoms. The Labute approximate surface area is 216 Å². The fourth-order valence-electron chi connectivity index (χ4n) is 3.75. The summed E-state index contributed by atoms with van der Waals surface area (Å²) in [4.78, 5) is 17.8. The molecule has 0 aliphatic rings. The molecule has 11 heteroatoms. The molecule has 6 nitrogen and oxygen atoms in total. The fourth-order valence-corrected chi connectivity index (χ4v) is 4.95. The third-order valence-corrected chi connectivity index (χ3v) is 7.00. The number of halogens is 4. The lowest BCUT2D eigenvalue weighted by atomic mass is 9.98. The summed E-state index contributed by atoms with van der Waals surface area (Å²) in [6.45, 7) is 2.00. The second kappa shape index (κ2) is 12.3. The van der Waals surface area contributed by atoms with Crippen molar-refractivity contribution in [3.8, 4) is 16.9 Å². The molecule has 3 rings (SSSR count). The van der Waals surface area contributed by atoms with E-state index in [0.29, 0.717) is 6.54 Å². The summed E-state index contributed by atoms with van der Waals surface area (Å²) in [6, 6.07) is 7.19. The minimum absolute atomic E-state index is 0.0874. The number of unbranched alkanes of at least 4 members (excludes halogenated alkanes) is 1. The van der Waals surface area contributed by atoms with Gasteiger partial charge in [0.15, 0.2) is 0 Å². The normalized spacial score (nSPS) is 13.0. The molecule has 0 fully saturated rings. The molecule has 1 unspecified atom stereocenters. The number of thioether (sulfide) groups is 1. The van der Waals surface area contributed by atoms with Crippen LogP contribution in [0.2, 0.25) is 5.02 Å². The zero-order valence-electron chi connectivity index (χ0n) is 20.0. The highest BCUT2D eigenvalue weighted by Crippen LogP contribution is 2.42. The Morgan fingerprint density at radius 1 is 1.17 bits per heavy atom. The average molecular weight is 544 g/mol. The second-order valence-electron chi connectivity index (χ2n) is 8.76. The summed E-state index contributed by atoms with van der Waals surface area (Å²) in [5, 5.41) is 24.5. The molecule has 4 N–H and O–H groups in total. The van der Waals surface area contributed by atoms with Crippen molar-refractivity contribution in [2.24, 2.45) is 0 Å². The van der Waals surface area contributed by atoms with Crippen LogP contribution >= 0.6 is 23.4 Å². The van der Waals surface area contributed by atoms with E-state index in [1.807, 2.05) is 14.1 Å². The number of benzene rings is 2. The highest BCUT2D eigenvalue weighted by molar-refractivity contribution is 7.99. The van der Waals surface area contributed by atoms with Gasteiger partial charge < -0.3 is 25.4 Å². The Morgan fingerprint density at radius 2 is 1.92 bits per heavy atom. The highest BCUT2D eigenvalue weighted by Gasteiger charge is 2.31. The summed E-state index contributed by atoms with van der Waals surface area (Å²) in [5.41, 5.74) is -0.973. The van der Waals surface area contributed by atoms with E-state index in [1.165, 1.54) is 24.3 Å². The van der Waals surface area contributed by atoms with Gasteiger partial charge in [0.1, 0.15) is 5.75 Å². The number of hydrogen-bond donors (Lipinski definition) is 4. The molecular weight excluding hydrogens is 515 g/mol. The number of aliphatic hydroxyl groups excluding tert-OH is 1. The van der Waals surface area contributed by atoms with Crippen LogP contribution in [0.25, 0.3) is 22.0 Å². The van der Waals surface area contributed by atoms with Gasteiger partial charge >= 0.3 is 6.18 Å². The van der Waals surface area contributed by atoms with Gasteiger partial charge in [0, 0.05) is 39.4 Å². The van der Waals surface area contributed by atoms with Crippen LogP contribution < -0.4 is 10.9 Å². The molecule has 0 amide bonds. The number of aromatic amines is 1. The number of nitrogens with zero attached hydrogens (tertiary/aromatic N) is 1. The summed E-state index contributed by atoms with van der Waals surface area (Å²) in [6.07, 6.45) is -3.44. The first kappa shape index (κ1) is 28.3. The van der Waals surface area contributed by atoms with Crippen LogP contribution in [0.3, 0.4) is 0 Å². The predicted octanol–water partition coefficient (Wildman–Crippen LogP) is 4.96. The molecule has 0 aliphatic heterocycles. The number of rotatable bonds is 11. The van der Waals surface area contributed by atoms with E-state index >= 15 is 0 Å². The molecule has 2 aromatic carbocycles. The quantitative estimate of drug-likeness (QED) is 0.202. The number of pyridine rings is 1. The van der Waals surface area contributed by atoms with Crippen molar-refractivity contribution < 1.29 is 23.4 Å². The van der Waals surface area contributed by atoms with Crippen LogP contribution in [0, 0.1) is 0 Å². The number of alkyl halides is 3. The maximum atomic E-state index is 13.5. The van der Waals surface area contributed by atoms with Crippen molar-refractivity contribution in [3.05, 3.63) is 57.3 Å². The summed E-state index contributed by atoms with van der Waals surface area (Å²) in [7, 11) is 4.01. The molecule has 1 atom stereocenters. The molecular formula is C25H29ClF3N3O3S. The summed E-state index contributed by atoms with van der Waals surface area (Å²) in [5.74, 6) is -0.113. The smallest absolute Gasteiger partial charge is 0.416 e. The van der Waals surface area contributed by atoms with Gasteiger partial charge in [-0.1, -0.05) is 11.6 Å². The van der Waals surface area contributed by atoms with Crippen LogP contribution in [-0.4, -0.2) is 65.7 Å². The Bertz CT molecular complexity index is 1250. The first-order valence-electron chi connectivity index (χ1n) is 11.4. The molecule has 0 saturated carbocycles.